The Bertz CT molecular complexity index is 1070. The van der Waals surface area contributed by atoms with Crippen LogP contribution in [0.2, 0.25) is 0 Å². The summed E-state index contributed by atoms with van der Waals surface area (Å²) in [5.41, 5.74) is 7.33. The standard InChI is InChI=1S/C23H24N4O3/c1-23(2,3)17-10-4-5-12-19(17)30-21-18(11-7-13-25-21)27-22(29)26-16-9-6-8-15(14-16)20(24)28/h4-14H,1-3H3,(H2,24,28)(H2,26,27,29). The van der Waals surface area contributed by atoms with Gasteiger partial charge in [0.05, 0.1) is 0 Å². The molecule has 154 valence electrons. The van der Waals surface area contributed by atoms with Gasteiger partial charge in [-0.1, -0.05) is 45.0 Å². The second-order valence-corrected chi connectivity index (χ2v) is 7.73. The SMILES string of the molecule is CC(C)(C)c1ccccc1Oc1ncccc1NC(=O)Nc1cccc(C(N)=O)c1. The van der Waals surface area contributed by atoms with E-state index >= 15 is 0 Å². The number of anilines is 2. The summed E-state index contributed by atoms with van der Waals surface area (Å²) in [7, 11) is 0. The molecule has 0 aliphatic rings. The molecule has 0 fully saturated rings. The first-order valence-electron chi connectivity index (χ1n) is 9.44. The van der Waals surface area contributed by atoms with Crippen LogP contribution in [0.25, 0.3) is 0 Å². The monoisotopic (exact) mass is 404 g/mol. The van der Waals surface area contributed by atoms with Gasteiger partial charge in [-0.3, -0.25) is 4.79 Å². The average Bonchev–Trinajstić information content (AvgIpc) is 2.69. The fraction of sp³-hybridized carbons (Fsp3) is 0.174. The van der Waals surface area contributed by atoms with Crippen molar-refractivity contribution in [1.29, 1.82) is 0 Å². The van der Waals surface area contributed by atoms with E-state index in [1.165, 1.54) is 6.07 Å². The molecule has 3 rings (SSSR count). The van der Waals surface area contributed by atoms with Crippen molar-refractivity contribution in [1.82, 2.24) is 4.98 Å². The van der Waals surface area contributed by atoms with Crippen LogP contribution in [0.4, 0.5) is 16.2 Å². The van der Waals surface area contributed by atoms with Crippen molar-refractivity contribution >= 4 is 23.3 Å². The molecule has 0 saturated heterocycles. The summed E-state index contributed by atoms with van der Waals surface area (Å²) in [4.78, 5) is 28.1. The molecule has 0 saturated carbocycles. The van der Waals surface area contributed by atoms with Crippen LogP contribution in [0.15, 0.2) is 66.9 Å². The number of nitrogens with one attached hydrogen (secondary N) is 2. The molecule has 30 heavy (non-hydrogen) atoms. The maximum Gasteiger partial charge on any atom is 0.323 e. The Morgan fingerprint density at radius 3 is 2.47 bits per heavy atom. The Kier molecular flexibility index (Phi) is 6.01. The molecule has 1 heterocycles. The molecular formula is C23H24N4O3. The summed E-state index contributed by atoms with van der Waals surface area (Å²) in [6.07, 6.45) is 1.59. The summed E-state index contributed by atoms with van der Waals surface area (Å²) >= 11 is 0. The molecular weight excluding hydrogens is 380 g/mol. The van der Waals surface area contributed by atoms with Gasteiger partial charge in [-0.2, -0.15) is 0 Å². The van der Waals surface area contributed by atoms with Gasteiger partial charge in [0.1, 0.15) is 11.4 Å². The highest BCUT2D eigenvalue weighted by Crippen LogP contribution is 2.35. The second-order valence-electron chi connectivity index (χ2n) is 7.73. The molecule has 7 nitrogen and oxygen atoms in total. The van der Waals surface area contributed by atoms with Crippen LogP contribution in [0, 0.1) is 0 Å². The van der Waals surface area contributed by atoms with Crippen molar-refractivity contribution in [2.24, 2.45) is 5.73 Å². The van der Waals surface area contributed by atoms with Gasteiger partial charge in [-0.25, -0.2) is 9.78 Å². The highest BCUT2D eigenvalue weighted by molar-refractivity contribution is 6.01. The van der Waals surface area contributed by atoms with Crippen LogP contribution < -0.4 is 21.1 Å². The van der Waals surface area contributed by atoms with Crippen LogP contribution >= 0.6 is 0 Å². The predicted molar refractivity (Wildman–Crippen MR) is 117 cm³/mol. The molecule has 0 spiro atoms. The highest BCUT2D eigenvalue weighted by atomic mass is 16.5. The van der Waals surface area contributed by atoms with E-state index in [2.05, 4.69) is 36.4 Å². The first-order chi connectivity index (χ1) is 14.2. The Hall–Kier alpha value is -3.87. The minimum Gasteiger partial charge on any atom is -0.437 e. The van der Waals surface area contributed by atoms with Crippen molar-refractivity contribution in [3.63, 3.8) is 0 Å². The zero-order valence-corrected chi connectivity index (χ0v) is 17.1. The van der Waals surface area contributed by atoms with Gasteiger partial charge in [-0.05, 0) is 41.8 Å². The molecule has 0 radical (unpaired) electrons. The van der Waals surface area contributed by atoms with E-state index in [1.54, 1.807) is 36.5 Å². The lowest BCUT2D eigenvalue weighted by molar-refractivity contribution is 0.1000. The Balaban J connectivity index is 1.79. The number of nitrogens with two attached hydrogens (primary N) is 1. The molecule has 0 bridgehead atoms. The lowest BCUT2D eigenvalue weighted by atomic mass is 9.86. The number of hydrogen-bond donors (Lipinski definition) is 3. The van der Waals surface area contributed by atoms with Crippen molar-refractivity contribution in [3.8, 4) is 11.6 Å². The van der Waals surface area contributed by atoms with E-state index in [9.17, 15) is 9.59 Å². The Labute approximate surface area is 175 Å². The topological polar surface area (TPSA) is 106 Å². The number of carbonyl (C=O) groups excluding carboxylic acids is 2. The summed E-state index contributed by atoms with van der Waals surface area (Å²) in [5.74, 6) is 0.371. The minimum absolute atomic E-state index is 0.123. The van der Waals surface area contributed by atoms with E-state index in [1.807, 2.05) is 24.3 Å². The van der Waals surface area contributed by atoms with Crippen LogP contribution in [0.1, 0.15) is 36.7 Å². The summed E-state index contributed by atoms with van der Waals surface area (Å²) in [6.45, 7) is 6.29. The van der Waals surface area contributed by atoms with Gasteiger partial charge in [0.2, 0.25) is 11.8 Å². The molecule has 0 aliphatic carbocycles. The summed E-state index contributed by atoms with van der Waals surface area (Å²) in [5, 5.41) is 5.40. The number of urea groups is 1. The zero-order valence-electron chi connectivity index (χ0n) is 17.1. The normalized spacial score (nSPS) is 10.9. The summed E-state index contributed by atoms with van der Waals surface area (Å²) < 4.78 is 6.05. The molecule has 1 aromatic heterocycles. The van der Waals surface area contributed by atoms with Gasteiger partial charge in [0.25, 0.3) is 0 Å². The average molecular weight is 404 g/mol. The molecule has 2 aromatic carbocycles. The molecule has 3 amide bonds. The second kappa shape index (κ2) is 8.65. The van der Waals surface area contributed by atoms with Crippen molar-refractivity contribution in [2.45, 2.75) is 26.2 Å². The van der Waals surface area contributed by atoms with Gasteiger partial charge >= 0.3 is 6.03 Å². The maximum absolute atomic E-state index is 12.5. The smallest absolute Gasteiger partial charge is 0.323 e. The van der Waals surface area contributed by atoms with E-state index in [4.69, 9.17) is 10.5 Å². The number of carbonyl (C=O) groups is 2. The fourth-order valence-corrected chi connectivity index (χ4v) is 2.88. The predicted octanol–water partition coefficient (Wildman–Crippen LogP) is 4.91. The van der Waals surface area contributed by atoms with E-state index in [-0.39, 0.29) is 11.3 Å². The van der Waals surface area contributed by atoms with E-state index < -0.39 is 11.9 Å². The van der Waals surface area contributed by atoms with Gasteiger partial charge in [0.15, 0.2) is 0 Å². The number of primary amides is 1. The molecule has 3 aromatic rings. The van der Waals surface area contributed by atoms with Crippen LogP contribution in [0.5, 0.6) is 11.6 Å². The molecule has 0 atom stereocenters. The third-order valence-electron chi connectivity index (χ3n) is 4.33. The largest absolute Gasteiger partial charge is 0.437 e. The molecule has 0 aliphatic heterocycles. The molecule has 0 unspecified atom stereocenters. The lowest BCUT2D eigenvalue weighted by Crippen LogP contribution is -2.20. The third-order valence-corrected chi connectivity index (χ3v) is 4.33. The van der Waals surface area contributed by atoms with E-state index in [0.29, 0.717) is 22.7 Å². The number of ether oxygens (including phenoxy) is 1. The number of para-hydroxylation sites is 1. The van der Waals surface area contributed by atoms with Crippen molar-refractivity contribution in [3.05, 3.63) is 78.0 Å². The number of aromatic nitrogens is 1. The number of rotatable bonds is 5. The quantitative estimate of drug-likeness (QED) is 0.561. The Morgan fingerprint density at radius 1 is 0.967 bits per heavy atom. The highest BCUT2D eigenvalue weighted by Gasteiger charge is 2.20. The lowest BCUT2D eigenvalue weighted by Gasteiger charge is -2.22. The van der Waals surface area contributed by atoms with Crippen LogP contribution in [-0.2, 0) is 5.41 Å². The number of pyridine rings is 1. The minimum atomic E-state index is -0.570. The number of hydrogen-bond acceptors (Lipinski definition) is 4. The van der Waals surface area contributed by atoms with Gasteiger partial charge in [0, 0.05) is 23.0 Å². The fourth-order valence-electron chi connectivity index (χ4n) is 2.88. The first-order valence-corrected chi connectivity index (χ1v) is 9.44. The first kappa shape index (κ1) is 20.9. The number of amides is 3. The maximum atomic E-state index is 12.5. The number of benzene rings is 2. The van der Waals surface area contributed by atoms with Gasteiger partial charge < -0.3 is 21.1 Å². The van der Waals surface area contributed by atoms with E-state index in [0.717, 1.165) is 5.56 Å². The summed E-state index contributed by atoms with van der Waals surface area (Å²) in [6, 6.07) is 17.0. The molecule has 7 heteroatoms. The Morgan fingerprint density at radius 2 is 1.73 bits per heavy atom. The molecule has 4 N–H and O–H groups in total. The van der Waals surface area contributed by atoms with Gasteiger partial charge in [-0.15, -0.1) is 0 Å². The third kappa shape index (κ3) is 5.14. The zero-order chi connectivity index (χ0) is 21.7. The number of nitrogens with zero attached hydrogens (tertiary/aromatic N) is 1. The van der Waals surface area contributed by atoms with Crippen molar-refractivity contribution < 1.29 is 14.3 Å². The van der Waals surface area contributed by atoms with Crippen molar-refractivity contribution in [2.75, 3.05) is 10.6 Å². The van der Waals surface area contributed by atoms with Crippen LogP contribution in [0.3, 0.4) is 0 Å². The van der Waals surface area contributed by atoms with Crippen LogP contribution in [-0.4, -0.2) is 16.9 Å².